The summed E-state index contributed by atoms with van der Waals surface area (Å²) in [5.74, 6) is -0.356. The Bertz CT molecular complexity index is 328. The van der Waals surface area contributed by atoms with Crippen LogP contribution >= 0.6 is 12.4 Å². The fraction of sp³-hybridized carbons (Fsp3) is 0.222. The van der Waals surface area contributed by atoms with Crippen LogP contribution in [0.1, 0.15) is 5.56 Å². The van der Waals surface area contributed by atoms with E-state index in [9.17, 15) is 4.79 Å². The zero-order chi connectivity index (χ0) is 9.84. The summed E-state index contributed by atoms with van der Waals surface area (Å²) in [7, 11) is 1.50. The van der Waals surface area contributed by atoms with Gasteiger partial charge in [-0.1, -0.05) is 6.07 Å². The molecule has 3 N–H and O–H groups in total. The van der Waals surface area contributed by atoms with Crippen LogP contribution in [0.2, 0.25) is 0 Å². The van der Waals surface area contributed by atoms with Gasteiger partial charge in [0.1, 0.15) is 5.75 Å². The van der Waals surface area contributed by atoms with E-state index in [-0.39, 0.29) is 18.8 Å². The summed E-state index contributed by atoms with van der Waals surface area (Å²) in [6, 6.07) is 4.94. The van der Waals surface area contributed by atoms with Gasteiger partial charge in [0.15, 0.2) is 0 Å². The predicted molar refractivity (Wildman–Crippen MR) is 56.0 cm³/mol. The van der Waals surface area contributed by atoms with E-state index in [0.717, 1.165) is 0 Å². The molecule has 0 atom stereocenters. The highest BCUT2D eigenvalue weighted by molar-refractivity contribution is 5.85. The highest BCUT2D eigenvalue weighted by Crippen LogP contribution is 2.22. The molecule has 0 amide bonds. The number of hydrogen-bond donors (Lipinski definition) is 2. The third-order valence-electron chi connectivity index (χ3n) is 1.65. The molecule has 0 radical (unpaired) electrons. The third-order valence-corrected chi connectivity index (χ3v) is 1.65. The zero-order valence-electron chi connectivity index (χ0n) is 7.69. The van der Waals surface area contributed by atoms with E-state index in [2.05, 4.69) is 0 Å². The van der Waals surface area contributed by atoms with Crippen LogP contribution in [0, 0.1) is 0 Å². The molecule has 4 nitrogen and oxygen atoms in total. The van der Waals surface area contributed by atoms with Crippen molar-refractivity contribution in [3.05, 3.63) is 23.8 Å². The fourth-order valence-electron chi connectivity index (χ4n) is 1.04. The van der Waals surface area contributed by atoms with Crippen LogP contribution in [0.5, 0.6) is 5.75 Å². The van der Waals surface area contributed by atoms with Crippen LogP contribution in [-0.2, 0) is 11.2 Å². The first-order valence-corrected chi connectivity index (χ1v) is 3.77. The molecule has 0 bridgehead atoms. The summed E-state index contributed by atoms with van der Waals surface area (Å²) in [6.45, 7) is 0. The molecule has 0 aliphatic carbocycles. The largest absolute Gasteiger partial charge is 0.495 e. The number of benzene rings is 1. The van der Waals surface area contributed by atoms with Gasteiger partial charge in [0.05, 0.1) is 19.2 Å². The molecule has 0 saturated carbocycles. The van der Waals surface area contributed by atoms with Gasteiger partial charge in [0.2, 0.25) is 0 Å². The average molecular weight is 218 g/mol. The molecule has 0 aliphatic rings. The molecule has 14 heavy (non-hydrogen) atoms. The number of methoxy groups -OCH3 is 1. The molecule has 0 aliphatic heterocycles. The molecule has 1 aromatic carbocycles. The van der Waals surface area contributed by atoms with Gasteiger partial charge in [0, 0.05) is 0 Å². The number of rotatable bonds is 3. The summed E-state index contributed by atoms with van der Waals surface area (Å²) < 4.78 is 4.95. The molecule has 0 saturated heterocycles. The van der Waals surface area contributed by atoms with Crippen LogP contribution in [0.25, 0.3) is 0 Å². The third kappa shape index (κ3) is 3.14. The monoisotopic (exact) mass is 217 g/mol. The number of carboxylic acids is 1. The minimum atomic E-state index is -0.869. The van der Waals surface area contributed by atoms with Gasteiger partial charge in [-0.3, -0.25) is 4.79 Å². The minimum Gasteiger partial charge on any atom is -0.495 e. The van der Waals surface area contributed by atoms with Gasteiger partial charge >= 0.3 is 5.97 Å². The van der Waals surface area contributed by atoms with Crippen molar-refractivity contribution >= 4 is 24.1 Å². The molecule has 0 spiro atoms. The SMILES string of the molecule is COc1cc(CC(=O)O)ccc1N.Cl. The summed E-state index contributed by atoms with van der Waals surface area (Å²) in [4.78, 5) is 10.4. The second kappa shape index (κ2) is 5.34. The number of hydrogen-bond acceptors (Lipinski definition) is 3. The maximum Gasteiger partial charge on any atom is 0.307 e. The number of nitrogen functional groups attached to an aromatic ring is 1. The summed E-state index contributed by atoms with van der Waals surface area (Å²) in [5, 5.41) is 8.53. The standard InChI is InChI=1S/C9H11NO3.ClH/c1-13-8-4-6(5-9(11)12)2-3-7(8)10;/h2-4H,5,10H2,1H3,(H,11,12);1H. The van der Waals surface area contributed by atoms with E-state index >= 15 is 0 Å². The van der Waals surface area contributed by atoms with E-state index in [1.54, 1.807) is 18.2 Å². The summed E-state index contributed by atoms with van der Waals surface area (Å²) in [5.41, 5.74) is 6.75. The minimum absolute atomic E-state index is 0. The second-order valence-corrected chi connectivity index (χ2v) is 2.65. The van der Waals surface area contributed by atoms with Crippen molar-refractivity contribution in [1.82, 2.24) is 0 Å². The van der Waals surface area contributed by atoms with Gasteiger partial charge in [-0.15, -0.1) is 12.4 Å². The van der Waals surface area contributed by atoms with Gasteiger partial charge in [-0.2, -0.15) is 0 Å². The Morgan fingerprint density at radius 2 is 2.21 bits per heavy atom. The lowest BCUT2D eigenvalue weighted by Gasteiger charge is -2.05. The van der Waals surface area contributed by atoms with Crippen molar-refractivity contribution in [2.45, 2.75) is 6.42 Å². The molecule has 0 unspecified atom stereocenters. The average Bonchev–Trinajstić information content (AvgIpc) is 2.07. The van der Waals surface area contributed by atoms with Crippen molar-refractivity contribution in [2.75, 3.05) is 12.8 Å². The van der Waals surface area contributed by atoms with Gasteiger partial charge < -0.3 is 15.6 Å². The number of carboxylic acid groups (broad SMARTS) is 1. The van der Waals surface area contributed by atoms with Crippen molar-refractivity contribution in [3.8, 4) is 5.75 Å². The van der Waals surface area contributed by atoms with E-state index in [4.69, 9.17) is 15.6 Å². The lowest BCUT2D eigenvalue weighted by Crippen LogP contribution is -2.01. The molecule has 1 rings (SSSR count). The molecule has 0 aromatic heterocycles. The van der Waals surface area contributed by atoms with Crippen LogP contribution in [0.4, 0.5) is 5.69 Å². The van der Waals surface area contributed by atoms with Crippen LogP contribution < -0.4 is 10.5 Å². The molecule has 1 aromatic rings. The van der Waals surface area contributed by atoms with E-state index in [1.807, 2.05) is 0 Å². The lowest BCUT2D eigenvalue weighted by atomic mass is 10.1. The van der Waals surface area contributed by atoms with E-state index in [0.29, 0.717) is 17.0 Å². The van der Waals surface area contributed by atoms with Gasteiger partial charge in [0.25, 0.3) is 0 Å². The second-order valence-electron chi connectivity index (χ2n) is 2.65. The summed E-state index contributed by atoms with van der Waals surface area (Å²) in [6.07, 6.45) is -0.0172. The molecule has 5 heteroatoms. The van der Waals surface area contributed by atoms with E-state index < -0.39 is 5.97 Å². The smallest absolute Gasteiger partial charge is 0.307 e. The lowest BCUT2D eigenvalue weighted by molar-refractivity contribution is -0.136. The Labute approximate surface area is 88.1 Å². The van der Waals surface area contributed by atoms with Crippen molar-refractivity contribution in [3.63, 3.8) is 0 Å². The van der Waals surface area contributed by atoms with E-state index in [1.165, 1.54) is 7.11 Å². The maximum absolute atomic E-state index is 10.4. The number of carbonyl (C=O) groups is 1. The Balaban J connectivity index is 0.00000169. The Kier molecular flexibility index (Phi) is 4.80. The summed E-state index contributed by atoms with van der Waals surface area (Å²) >= 11 is 0. The number of anilines is 1. The predicted octanol–water partition coefficient (Wildman–Crippen LogP) is 1.33. The number of halogens is 1. The van der Waals surface area contributed by atoms with Gasteiger partial charge in [-0.25, -0.2) is 0 Å². The quantitative estimate of drug-likeness (QED) is 0.750. The highest BCUT2D eigenvalue weighted by Gasteiger charge is 2.04. The Hall–Kier alpha value is -1.42. The van der Waals surface area contributed by atoms with Crippen molar-refractivity contribution in [1.29, 1.82) is 0 Å². The van der Waals surface area contributed by atoms with Crippen LogP contribution in [0.15, 0.2) is 18.2 Å². The maximum atomic E-state index is 10.4. The topological polar surface area (TPSA) is 72.5 Å². The number of aliphatic carboxylic acids is 1. The van der Waals surface area contributed by atoms with Crippen LogP contribution in [-0.4, -0.2) is 18.2 Å². The normalized spacial score (nSPS) is 8.93. The number of ether oxygens (including phenoxy) is 1. The molecule has 78 valence electrons. The van der Waals surface area contributed by atoms with Gasteiger partial charge in [-0.05, 0) is 17.7 Å². The fourth-order valence-corrected chi connectivity index (χ4v) is 1.04. The molecule has 0 fully saturated rings. The Morgan fingerprint density at radius 1 is 1.57 bits per heavy atom. The Morgan fingerprint density at radius 3 is 2.71 bits per heavy atom. The molecular formula is C9H12ClNO3. The highest BCUT2D eigenvalue weighted by atomic mass is 35.5. The zero-order valence-corrected chi connectivity index (χ0v) is 8.50. The number of nitrogens with two attached hydrogens (primary N) is 1. The van der Waals surface area contributed by atoms with Crippen LogP contribution in [0.3, 0.4) is 0 Å². The van der Waals surface area contributed by atoms with Crippen molar-refractivity contribution in [2.24, 2.45) is 0 Å². The first-order chi connectivity index (χ1) is 6.13. The first kappa shape index (κ1) is 12.6. The molecule has 0 heterocycles. The van der Waals surface area contributed by atoms with Crippen molar-refractivity contribution < 1.29 is 14.6 Å². The molecular weight excluding hydrogens is 206 g/mol. The first-order valence-electron chi connectivity index (χ1n) is 3.77.